The topological polar surface area (TPSA) is 0 Å². The summed E-state index contributed by atoms with van der Waals surface area (Å²) in [6.45, 7) is 4.96. The number of fused-ring (bicyclic) bond motifs is 3. The molecule has 0 amide bonds. The van der Waals surface area contributed by atoms with Crippen molar-refractivity contribution in [3.8, 4) is 11.1 Å². The van der Waals surface area contributed by atoms with Crippen LogP contribution in [-0.2, 0) is 22.8 Å². The van der Waals surface area contributed by atoms with Crippen molar-refractivity contribution in [3.05, 3.63) is 76.4 Å². The molecule has 2 unspecified atom stereocenters. The van der Waals surface area contributed by atoms with Gasteiger partial charge in [-0.25, -0.2) is 0 Å². The first-order valence-corrected chi connectivity index (χ1v) is 18.0. The molecular weight excluding hydrogens is 595 g/mol. The minimum absolute atomic E-state index is 0. The fourth-order valence-corrected chi connectivity index (χ4v) is 14.9. The summed E-state index contributed by atoms with van der Waals surface area (Å²) >= 11 is -0.606. The van der Waals surface area contributed by atoms with Crippen molar-refractivity contribution < 1.29 is 47.6 Å². The normalized spacial score (nSPS) is 33.6. The van der Waals surface area contributed by atoms with E-state index in [4.69, 9.17) is 0 Å². The first kappa shape index (κ1) is 28.4. The van der Waals surface area contributed by atoms with E-state index in [1.165, 1.54) is 76.2 Å². The third kappa shape index (κ3) is 4.61. The van der Waals surface area contributed by atoms with Crippen molar-refractivity contribution in [1.29, 1.82) is 0 Å². The summed E-state index contributed by atoms with van der Waals surface area (Å²) in [5.41, 5.74) is 13.5. The number of halogens is 2. The summed E-state index contributed by atoms with van der Waals surface area (Å²) in [6, 6.07) is 17.1. The molecule has 0 heterocycles. The van der Waals surface area contributed by atoms with E-state index in [-0.39, 0.29) is 24.8 Å². The molecule has 0 N–H and O–H groups in total. The van der Waals surface area contributed by atoms with Crippen LogP contribution < -0.4 is 24.8 Å². The minimum Gasteiger partial charge on any atom is -1.00 e. The summed E-state index contributed by atoms with van der Waals surface area (Å²) in [5.74, 6) is 3.59. The second kappa shape index (κ2) is 10.8. The van der Waals surface area contributed by atoms with E-state index in [0.717, 1.165) is 21.4 Å². The van der Waals surface area contributed by atoms with Gasteiger partial charge in [-0.2, -0.15) is 0 Å². The standard InChI is InChI=1S/C30H31.C6H10.2ClH.Zr/c1-18-9-28(30-15-20-10-21(16-30)12-22(11-20)17-30)19(2)29(18)25-8-7-24-13-23-5-3-4-6-26(23)27(24)14-25;1-2-4-6-5-3-1;;;/h3-9,13-14,18,20-22H,10-12,15-17H2,1-2H3;1-5H2;2*1H;/q;;;;+2/p-2. The second-order valence-electron chi connectivity index (χ2n) is 13.7. The Morgan fingerprint density at radius 2 is 1.41 bits per heavy atom. The van der Waals surface area contributed by atoms with Crippen LogP contribution in [0, 0.1) is 29.1 Å². The van der Waals surface area contributed by atoms with Crippen LogP contribution in [0.3, 0.4) is 0 Å². The molecule has 3 heteroatoms. The van der Waals surface area contributed by atoms with E-state index >= 15 is 0 Å². The molecule has 0 nitrogen and oxygen atoms in total. The molecule has 7 aliphatic rings. The van der Waals surface area contributed by atoms with Crippen LogP contribution >= 0.6 is 0 Å². The van der Waals surface area contributed by atoms with E-state index in [1.807, 2.05) is 3.21 Å². The number of hydrogen-bond donors (Lipinski definition) is 0. The van der Waals surface area contributed by atoms with E-state index in [0.29, 0.717) is 11.3 Å². The molecule has 0 radical (unpaired) electrons. The van der Waals surface area contributed by atoms with Crippen molar-refractivity contribution >= 4 is 8.78 Å². The average molecular weight is 636 g/mol. The first-order chi connectivity index (χ1) is 18.1. The van der Waals surface area contributed by atoms with Crippen LogP contribution in [0.5, 0.6) is 0 Å². The number of allylic oxidation sites excluding steroid dienone is 4. The Bertz CT molecular complexity index is 1330. The smallest absolute Gasteiger partial charge is 1.00 e. The maximum Gasteiger partial charge on any atom is -1.00 e. The van der Waals surface area contributed by atoms with E-state index in [1.54, 1.807) is 39.0 Å². The van der Waals surface area contributed by atoms with Gasteiger partial charge in [-0.3, -0.25) is 0 Å². The van der Waals surface area contributed by atoms with Crippen LogP contribution in [0.25, 0.3) is 16.7 Å². The third-order valence-corrected chi connectivity index (χ3v) is 15.8. The van der Waals surface area contributed by atoms with Crippen molar-refractivity contribution in [1.82, 2.24) is 0 Å². The van der Waals surface area contributed by atoms with Gasteiger partial charge in [0, 0.05) is 0 Å². The Labute approximate surface area is 259 Å². The van der Waals surface area contributed by atoms with Gasteiger partial charge in [0.1, 0.15) is 0 Å². The Morgan fingerprint density at radius 3 is 2.10 bits per heavy atom. The number of hydrogen-bond acceptors (Lipinski definition) is 0. The van der Waals surface area contributed by atoms with Crippen LogP contribution in [0.1, 0.15) is 105 Å². The SMILES string of the molecule is CC1=C(c2ccc3c(c2)-c2ccccc2[CH]3[Zr+2]=[C]2CCCCC2)C(C)C=C1C12CC3CC(CC(C3)C1)C2.[Cl-].[Cl-]. The van der Waals surface area contributed by atoms with E-state index in [2.05, 4.69) is 62.4 Å². The fraction of sp³-hybridized carbons (Fsp3) is 0.528. The van der Waals surface area contributed by atoms with Gasteiger partial charge in [0.2, 0.25) is 0 Å². The largest absolute Gasteiger partial charge is 1.00 e. The summed E-state index contributed by atoms with van der Waals surface area (Å²) in [7, 11) is 0. The Balaban J connectivity index is 0.00000138. The third-order valence-electron chi connectivity index (χ3n) is 11.3. The Morgan fingerprint density at radius 1 is 0.769 bits per heavy atom. The van der Waals surface area contributed by atoms with Gasteiger partial charge in [-0.1, -0.05) is 0 Å². The van der Waals surface area contributed by atoms with Gasteiger partial charge in [-0.05, 0) is 0 Å². The van der Waals surface area contributed by atoms with Gasteiger partial charge in [0.25, 0.3) is 0 Å². The second-order valence-corrected chi connectivity index (χ2v) is 17.6. The summed E-state index contributed by atoms with van der Waals surface area (Å²) in [5, 5.41) is 0. The molecule has 5 fully saturated rings. The molecule has 2 aromatic rings. The molecule has 39 heavy (non-hydrogen) atoms. The van der Waals surface area contributed by atoms with Gasteiger partial charge >= 0.3 is 236 Å². The van der Waals surface area contributed by atoms with Crippen molar-refractivity contribution in [2.75, 3.05) is 0 Å². The summed E-state index contributed by atoms with van der Waals surface area (Å²) in [4.78, 5) is 0. The van der Waals surface area contributed by atoms with Crippen LogP contribution in [0.2, 0.25) is 0 Å². The average Bonchev–Trinajstić information content (AvgIpc) is 3.37. The molecule has 2 atom stereocenters. The van der Waals surface area contributed by atoms with Crippen LogP contribution in [0.4, 0.5) is 0 Å². The van der Waals surface area contributed by atoms with E-state index < -0.39 is 22.8 Å². The Hall–Kier alpha value is -0.747. The number of benzene rings is 2. The van der Waals surface area contributed by atoms with Gasteiger partial charge in [-0.15, -0.1) is 0 Å². The quantitative estimate of drug-likeness (QED) is 0.485. The molecule has 0 spiro atoms. The minimum atomic E-state index is -0.606. The molecule has 0 aromatic heterocycles. The van der Waals surface area contributed by atoms with Gasteiger partial charge in [0.05, 0.1) is 0 Å². The maximum absolute atomic E-state index is 2.72. The predicted octanol–water partition coefficient (Wildman–Crippen LogP) is 3.55. The molecule has 4 bridgehead atoms. The molecule has 203 valence electrons. The molecule has 0 saturated heterocycles. The van der Waals surface area contributed by atoms with Gasteiger partial charge in [0.15, 0.2) is 0 Å². The zero-order valence-corrected chi connectivity index (χ0v) is 27.5. The fourth-order valence-electron chi connectivity index (χ4n) is 10.3. The van der Waals surface area contributed by atoms with Crippen LogP contribution in [0.15, 0.2) is 59.7 Å². The monoisotopic (exact) mass is 633 g/mol. The van der Waals surface area contributed by atoms with Crippen molar-refractivity contribution in [2.45, 2.75) is 88.1 Å². The summed E-state index contributed by atoms with van der Waals surface area (Å²) in [6.07, 6.45) is 19.0. The van der Waals surface area contributed by atoms with E-state index in [9.17, 15) is 0 Å². The molecular formula is C36H41Cl2Zr. The molecule has 5 saturated carbocycles. The van der Waals surface area contributed by atoms with Crippen molar-refractivity contribution in [2.24, 2.45) is 29.1 Å². The van der Waals surface area contributed by atoms with Crippen LogP contribution in [-0.4, -0.2) is 3.21 Å². The molecule has 0 aliphatic heterocycles. The zero-order valence-electron chi connectivity index (χ0n) is 23.5. The Kier molecular flexibility index (Phi) is 7.88. The zero-order chi connectivity index (χ0) is 24.7. The molecule has 9 rings (SSSR count). The van der Waals surface area contributed by atoms with Crippen molar-refractivity contribution in [3.63, 3.8) is 0 Å². The molecule has 7 aliphatic carbocycles. The maximum atomic E-state index is 2.72. The summed E-state index contributed by atoms with van der Waals surface area (Å²) < 4.78 is 2.72. The first-order valence-electron chi connectivity index (χ1n) is 15.4. The van der Waals surface area contributed by atoms with Gasteiger partial charge < -0.3 is 24.8 Å². The molecule has 2 aromatic carbocycles. The predicted molar refractivity (Wildman–Crippen MR) is 152 cm³/mol. The number of rotatable bonds is 3.